The van der Waals surface area contributed by atoms with Crippen LogP contribution < -0.4 is 5.32 Å². The summed E-state index contributed by atoms with van der Waals surface area (Å²) in [6.07, 6.45) is 3.78. The van der Waals surface area contributed by atoms with E-state index in [1.807, 2.05) is 6.07 Å². The number of anilines is 1. The molecule has 0 aliphatic heterocycles. The van der Waals surface area contributed by atoms with Crippen molar-refractivity contribution >= 4 is 11.7 Å². The van der Waals surface area contributed by atoms with Gasteiger partial charge in [0.25, 0.3) is 0 Å². The highest BCUT2D eigenvalue weighted by atomic mass is 16.1. The van der Waals surface area contributed by atoms with E-state index in [9.17, 15) is 4.79 Å². The van der Waals surface area contributed by atoms with Crippen LogP contribution in [-0.4, -0.2) is 16.1 Å². The van der Waals surface area contributed by atoms with Crippen LogP contribution in [0.5, 0.6) is 0 Å². The van der Waals surface area contributed by atoms with Crippen LogP contribution in [0.25, 0.3) is 0 Å². The summed E-state index contributed by atoms with van der Waals surface area (Å²) in [5.41, 5.74) is 1.15. The summed E-state index contributed by atoms with van der Waals surface area (Å²) < 4.78 is 0. The molecule has 0 saturated heterocycles. The van der Waals surface area contributed by atoms with Gasteiger partial charge in [0.2, 0.25) is 5.91 Å². The largest absolute Gasteiger partial charge is 0.309 e. The SMILES string of the molecule is CC(=O)Nc1cc(C2CCC2)[nH]n1. The lowest BCUT2D eigenvalue weighted by Gasteiger charge is -2.23. The Labute approximate surface area is 76.7 Å². The third-order valence-electron chi connectivity index (χ3n) is 2.45. The minimum atomic E-state index is -0.0772. The molecule has 4 nitrogen and oxygen atoms in total. The van der Waals surface area contributed by atoms with Gasteiger partial charge in [-0.25, -0.2) is 0 Å². The van der Waals surface area contributed by atoms with Crippen LogP contribution in [-0.2, 0) is 4.79 Å². The highest BCUT2D eigenvalue weighted by Gasteiger charge is 2.21. The Hall–Kier alpha value is -1.32. The predicted molar refractivity (Wildman–Crippen MR) is 49.5 cm³/mol. The minimum absolute atomic E-state index is 0.0772. The van der Waals surface area contributed by atoms with E-state index in [1.54, 1.807) is 0 Å². The molecule has 2 N–H and O–H groups in total. The first-order valence-electron chi connectivity index (χ1n) is 4.58. The summed E-state index contributed by atoms with van der Waals surface area (Å²) in [5, 5.41) is 9.60. The van der Waals surface area contributed by atoms with E-state index in [-0.39, 0.29) is 5.91 Å². The van der Waals surface area contributed by atoms with Gasteiger partial charge in [0.1, 0.15) is 0 Å². The van der Waals surface area contributed by atoms with Crippen molar-refractivity contribution < 1.29 is 4.79 Å². The number of rotatable bonds is 2. The molecule has 0 unspecified atom stereocenters. The number of hydrogen-bond donors (Lipinski definition) is 2. The van der Waals surface area contributed by atoms with Gasteiger partial charge >= 0.3 is 0 Å². The summed E-state index contributed by atoms with van der Waals surface area (Å²) in [4.78, 5) is 10.7. The molecule has 0 atom stereocenters. The van der Waals surface area contributed by atoms with Crippen LogP contribution in [0.4, 0.5) is 5.82 Å². The van der Waals surface area contributed by atoms with Gasteiger partial charge in [0.05, 0.1) is 0 Å². The second-order valence-corrected chi connectivity index (χ2v) is 3.52. The molecule has 1 aromatic rings. The normalized spacial score (nSPS) is 16.7. The summed E-state index contributed by atoms with van der Waals surface area (Å²) in [6, 6.07) is 1.92. The van der Waals surface area contributed by atoms with E-state index < -0.39 is 0 Å². The average molecular weight is 179 g/mol. The first-order chi connectivity index (χ1) is 6.25. The molecule has 1 fully saturated rings. The second kappa shape index (κ2) is 3.20. The van der Waals surface area contributed by atoms with Crippen LogP contribution in [0.1, 0.15) is 37.8 Å². The van der Waals surface area contributed by atoms with E-state index in [1.165, 1.54) is 26.2 Å². The van der Waals surface area contributed by atoms with Gasteiger partial charge in [-0.05, 0) is 12.8 Å². The molecular formula is C9H13N3O. The van der Waals surface area contributed by atoms with Gasteiger partial charge in [-0.2, -0.15) is 5.10 Å². The van der Waals surface area contributed by atoms with Crippen molar-refractivity contribution in [2.75, 3.05) is 5.32 Å². The first kappa shape index (κ1) is 8.29. The Bertz CT molecular complexity index is 314. The van der Waals surface area contributed by atoms with Crippen LogP contribution in [0, 0.1) is 0 Å². The maximum Gasteiger partial charge on any atom is 0.222 e. The predicted octanol–water partition coefficient (Wildman–Crippen LogP) is 1.64. The molecule has 1 amide bonds. The number of carbonyl (C=O) groups is 1. The molecule has 1 heterocycles. The number of hydrogen-bond acceptors (Lipinski definition) is 2. The number of H-pyrrole nitrogens is 1. The number of aromatic amines is 1. The molecule has 4 heteroatoms. The van der Waals surface area contributed by atoms with Gasteiger partial charge in [-0.15, -0.1) is 0 Å². The minimum Gasteiger partial charge on any atom is -0.309 e. The molecule has 0 spiro atoms. The molecular weight excluding hydrogens is 166 g/mol. The number of amides is 1. The Kier molecular flexibility index (Phi) is 2.04. The lowest BCUT2D eigenvalue weighted by Crippen LogP contribution is -2.08. The number of nitrogens with zero attached hydrogens (tertiary/aromatic N) is 1. The van der Waals surface area contributed by atoms with Gasteiger partial charge in [0.15, 0.2) is 5.82 Å². The fourth-order valence-corrected chi connectivity index (χ4v) is 1.51. The van der Waals surface area contributed by atoms with Crippen LogP contribution >= 0.6 is 0 Å². The van der Waals surface area contributed by atoms with Gasteiger partial charge in [-0.1, -0.05) is 6.42 Å². The standard InChI is InChI=1S/C9H13N3O/c1-6(13)10-9-5-8(11-12-9)7-3-2-4-7/h5,7H,2-4H2,1H3,(H2,10,11,12,13). The summed E-state index contributed by atoms with van der Waals surface area (Å²) in [5.74, 6) is 1.19. The lowest BCUT2D eigenvalue weighted by atomic mass is 9.83. The van der Waals surface area contributed by atoms with Crippen molar-refractivity contribution in [1.82, 2.24) is 10.2 Å². The number of nitrogens with one attached hydrogen (secondary N) is 2. The summed E-state index contributed by atoms with van der Waals surface area (Å²) >= 11 is 0. The maximum atomic E-state index is 10.7. The highest BCUT2D eigenvalue weighted by Crippen LogP contribution is 2.35. The molecule has 1 saturated carbocycles. The highest BCUT2D eigenvalue weighted by molar-refractivity contribution is 5.87. The zero-order valence-corrected chi connectivity index (χ0v) is 7.63. The third-order valence-corrected chi connectivity index (χ3v) is 2.45. The number of aromatic nitrogens is 2. The molecule has 0 radical (unpaired) electrons. The first-order valence-corrected chi connectivity index (χ1v) is 4.58. The van der Waals surface area contributed by atoms with Crippen LogP contribution in [0.3, 0.4) is 0 Å². The molecule has 1 aromatic heterocycles. The number of carbonyl (C=O) groups excluding carboxylic acids is 1. The van der Waals surface area contributed by atoms with E-state index >= 15 is 0 Å². The Balaban J connectivity index is 2.04. The molecule has 13 heavy (non-hydrogen) atoms. The van der Waals surface area contributed by atoms with Crippen molar-refractivity contribution in [2.45, 2.75) is 32.1 Å². The molecule has 2 rings (SSSR count). The van der Waals surface area contributed by atoms with Crippen LogP contribution in [0.2, 0.25) is 0 Å². The molecule has 1 aliphatic rings. The van der Waals surface area contributed by atoms with Crippen molar-refractivity contribution in [3.63, 3.8) is 0 Å². The van der Waals surface area contributed by atoms with Crippen molar-refractivity contribution in [3.8, 4) is 0 Å². The second-order valence-electron chi connectivity index (χ2n) is 3.52. The van der Waals surface area contributed by atoms with E-state index in [0.29, 0.717) is 11.7 Å². The van der Waals surface area contributed by atoms with Gasteiger partial charge in [0, 0.05) is 24.6 Å². The Morgan fingerprint density at radius 3 is 3.00 bits per heavy atom. The monoisotopic (exact) mass is 179 g/mol. The quantitative estimate of drug-likeness (QED) is 0.725. The molecule has 0 bridgehead atoms. The average Bonchev–Trinajstić information content (AvgIpc) is 2.31. The third kappa shape index (κ3) is 1.71. The van der Waals surface area contributed by atoms with E-state index in [2.05, 4.69) is 15.5 Å². The smallest absolute Gasteiger partial charge is 0.222 e. The zero-order valence-electron chi connectivity index (χ0n) is 7.63. The zero-order chi connectivity index (χ0) is 9.26. The van der Waals surface area contributed by atoms with Gasteiger partial charge < -0.3 is 5.32 Å². The maximum absolute atomic E-state index is 10.7. The lowest BCUT2D eigenvalue weighted by molar-refractivity contribution is -0.114. The summed E-state index contributed by atoms with van der Waals surface area (Å²) in [6.45, 7) is 1.48. The Morgan fingerprint density at radius 2 is 2.46 bits per heavy atom. The fourth-order valence-electron chi connectivity index (χ4n) is 1.51. The molecule has 70 valence electrons. The Morgan fingerprint density at radius 1 is 1.69 bits per heavy atom. The summed E-state index contributed by atoms with van der Waals surface area (Å²) in [7, 11) is 0. The molecule has 1 aliphatic carbocycles. The van der Waals surface area contributed by atoms with E-state index in [0.717, 1.165) is 5.69 Å². The molecule has 0 aromatic carbocycles. The van der Waals surface area contributed by atoms with Crippen molar-refractivity contribution in [3.05, 3.63) is 11.8 Å². The van der Waals surface area contributed by atoms with Gasteiger partial charge in [-0.3, -0.25) is 9.89 Å². The van der Waals surface area contributed by atoms with E-state index in [4.69, 9.17) is 0 Å². The topological polar surface area (TPSA) is 57.8 Å². The van der Waals surface area contributed by atoms with Crippen LogP contribution in [0.15, 0.2) is 6.07 Å². The van der Waals surface area contributed by atoms with Crippen molar-refractivity contribution in [1.29, 1.82) is 0 Å². The van der Waals surface area contributed by atoms with Crippen molar-refractivity contribution in [2.24, 2.45) is 0 Å². The fraction of sp³-hybridized carbons (Fsp3) is 0.556.